The van der Waals surface area contributed by atoms with E-state index in [1.807, 2.05) is 0 Å². The molecule has 1 amide bonds. The van der Waals surface area contributed by atoms with Crippen molar-refractivity contribution in [3.63, 3.8) is 0 Å². The third kappa shape index (κ3) is 6.10. The van der Waals surface area contributed by atoms with Gasteiger partial charge in [0, 0.05) is 12.1 Å². The highest BCUT2D eigenvalue weighted by Crippen LogP contribution is 2.31. The fraction of sp³-hybridized carbons (Fsp3) is 0.200. The molecule has 184 valence electrons. The second kappa shape index (κ2) is 11.4. The Bertz CT molecular complexity index is 1290. The SMILES string of the molecule is CCN(c1ccccc1)S(=O)(=O)c1ccc(OC)c(NC(=O)c2cccc(OCC(=O)OC)c2)c1. The first-order chi connectivity index (χ1) is 16.8. The van der Waals surface area contributed by atoms with Crippen LogP contribution in [0, 0.1) is 0 Å². The summed E-state index contributed by atoms with van der Waals surface area (Å²) < 4.78 is 43.2. The van der Waals surface area contributed by atoms with Gasteiger partial charge in [-0.1, -0.05) is 24.3 Å². The van der Waals surface area contributed by atoms with Crippen LogP contribution < -0.4 is 19.1 Å². The summed E-state index contributed by atoms with van der Waals surface area (Å²) in [5, 5.41) is 2.70. The lowest BCUT2D eigenvalue weighted by molar-refractivity contribution is -0.142. The summed E-state index contributed by atoms with van der Waals surface area (Å²) in [7, 11) is -1.25. The quantitative estimate of drug-likeness (QED) is 0.424. The van der Waals surface area contributed by atoms with Crippen molar-refractivity contribution in [2.75, 3.05) is 37.0 Å². The average molecular weight is 499 g/mol. The fourth-order valence-electron chi connectivity index (χ4n) is 3.28. The number of anilines is 2. The van der Waals surface area contributed by atoms with Gasteiger partial charge in [0.05, 0.1) is 30.5 Å². The first-order valence-electron chi connectivity index (χ1n) is 10.7. The predicted molar refractivity (Wildman–Crippen MR) is 132 cm³/mol. The Labute approximate surface area is 204 Å². The first kappa shape index (κ1) is 25.6. The fourth-order valence-corrected chi connectivity index (χ4v) is 4.78. The molecule has 0 spiro atoms. The standard InChI is InChI=1S/C25H26N2O7S/c1-4-27(19-10-6-5-7-11-19)35(30,31)21-13-14-23(32-2)22(16-21)26-25(29)18-9-8-12-20(15-18)34-17-24(28)33-3/h5-16H,4,17H2,1-3H3,(H,26,29). The van der Waals surface area contributed by atoms with Crippen LogP contribution in [0.4, 0.5) is 11.4 Å². The Morgan fingerprint density at radius 3 is 2.34 bits per heavy atom. The Kier molecular flexibility index (Phi) is 8.32. The Morgan fingerprint density at radius 2 is 1.69 bits per heavy atom. The molecule has 0 aliphatic carbocycles. The second-order valence-electron chi connectivity index (χ2n) is 7.21. The van der Waals surface area contributed by atoms with Gasteiger partial charge < -0.3 is 19.5 Å². The van der Waals surface area contributed by atoms with Crippen LogP contribution in [0.5, 0.6) is 11.5 Å². The van der Waals surface area contributed by atoms with E-state index in [-0.39, 0.29) is 35.0 Å². The molecule has 0 fully saturated rings. The van der Waals surface area contributed by atoms with E-state index in [9.17, 15) is 18.0 Å². The van der Waals surface area contributed by atoms with Gasteiger partial charge in [0.15, 0.2) is 6.61 Å². The molecular weight excluding hydrogens is 472 g/mol. The lowest BCUT2D eigenvalue weighted by Gasteiger charge is -2.23. The zero-order valence-corrected chi connectivity index (χ0v) is 20.4. The number of benzene rings is 3. The molecular formula is C25H26N2O7S. The molecule has 3 aromatic carbocycles. The third-order valence-electron chi connectivity index (χ3n) is 5.02. The van der Waals surface area contributed by atoms with Crippen molar-refractivity contribution in [1.29, 1.82) is 0 Å². The second-order valence-corrected chi connectivity index (χ2v) is 9.08. The van der Waals surface area contributed by atoms with E-state index in [1.165, 1.54) is 42.8 Å². The topological polar surface area (TPSA) is 111 Å². The van der Waals surface area contributed by atoms with Gasteiger partial charge in [-0.05, 0) is 55.5 Å². The van der Waals surface area contributed by atoms with Crippen LogP contribution in [-0.2, 0) is 19.6 Å². The summed E-state index contributed by atoms with van der Waals surface area (Å²) in [5.41, 5.74) is 0.950. The van der Waals surface area contributed by atoms with Crippen LogP contribution in [0.25, 0.3) is 0 Å². The number of para-hydroxylation sites is 1. The van der Waals surface area contributed by atoms with Crippen molar-refractivity contribution in [1.82, 2.24) is 0 Å². The van der Waals surface area contributed by atoms with E-state index in [4.69, 9.17) is 9.47 Å². The Morgan fingerprint density at radius 1 is 0.943 bits per heavy atom. The molecule has 0 saturated carbocycles. The van der Waals surface area contributed by atoms with E-state index in [0.29, 0.717) is 11.4 Å². The minimum absolute atomic E-state index is 0.00512. The summed E-state index contributed by atoms with van der Waals surface area (Å²) in [6.45, 7) is 1.66. The van der Waals surface area contributed by atoms with Gasteiger partial charge in [-0.3, -0.25) is 9.10 Å². The monoisotopic (exact) mass is 498 g/mol. The van der Waals surface area contributed by atoms with Crippen molar-refractivity contribution in [2.45, 2.75) is 11.8 Å². The van der Waals surface area contributed by atoms with Gasteiger partial charge in [0.1, 0.15) is 11.5 Å². The predicted octanol–water partition coefficient (Wildman–Crippen LogP) is 3.71. The number of rotatable bonds is 10. The number of ether oxygens (including phenoxy) is 3. The van der Waals surface area contributed by atoms with Gasteiger partial charge >= 0.3 is 5.97 Å². The molecule has 3 rings (SSSR count). The highest BCUT2D eigenvalue weighted by Gasteiger charge is 2.25. The molecule has 0 radical (unpaired) electrons. The molecule has 9 nitrogen and oxygen atoms in total. The minimum Gasteiger partial charge on any atom is -0.495 e. The number of carbonyl (C=O) groups excluding carboxylic acids is 2. The molecule has 0 unspecified atom stereocenters. The first-order valence-corrected chi connectivity index (χ1v) is 12.1. The van der Waals surface area contributed by atoms with Gasteiger partial charge in [0.2, 0.25) is 0 Å². The van der Waals surface area contributed by atoms with Gasteiger partial charge in [-0.2, -0.15) is 0 Å². The van der Waals surface area contributed by atoms with Crippen LogP contribution >= 0.6 is 0 Å². The molecule has 0 atom stereocenters. The van der Waals surface area contributed by atoms with E-state index >= 15 is 0 Å². The molecule has 0 aliphatic heterocycles. The number of esters is 1. The average Bonchev–Trinajstić information content (AvgIpc) is 2.88. The van der Waals surface area contributed by atoms with Crippen LogP contribution in [-0.4, -0.2) is 47.7 Å². The van der Waals surface area contributed by atoms with Crippen LogP contribution in [0.1, 0.15) is 17.3 Å². The summed E-state index contributed by atoms with van der Waals surface area (Å²) >= 11 is 0. The molecule has 10 heteroatoms. The summed E-state index contributed by atoms with van der Waals surface area (Å²) in [5.74, 6) is -0.484. The zero-order chi connectivity index (χ0) is 25.4. The molecule has 0 aliphatic rings. The highest BCUT2D eigenvalue weighted by atomic mass is 32.2. The van der Waals surface area contributed by atoms with E-state index < -0.39 is 21.9 Å². The molecule has 1 N–H and O–H groups in total. The lowest BCUT2D eigenvalue weighted by Crippen LogP contribution is -2.30. The number of hydrogen-bond donors (Lipinski definition) is 1. The Balaban J connectivity index is 1.88. The van der Waals surface area contributed by atoms with Crippen LogP contribution in [0.2, 0.25) is 0 Å². The maximum absolute atomic E-state index is 13.4. The van der Waals surface area contributed by atoms with Crippen molar-refractivity contribution in [2.24, 2.45) is 0 Å². The number of nitrogens with zero attached hydrogens (tertiary/aromatic N) is 1. The summed E-state index contributed by atoms with van der Waals surface area (Å²) in [6, 6.07) is 19.2. The van der Waals surface area contributed by atoms with E-state index in [2.05, 4.69) is 10.1 Å². The van der Waals surface area contributed by atoms with Gasteiger partial charge in [0.25, 0.3) is 15.9 Å². The largest absolute Gasteiger partial charge is 0.495 e. The van der Waals surface area contributed by atoms with E-state index in [1.54, 1.807) is 55.5 Å². The van der Waals surface area contributed by atoms with Crippen molar-refractivity contribution >= 4 is 33.3 Å². The van der Waals surface area contributed by atoms with Crippen LogP contribution in [0.3, 0.4) is 0 Å². The highest BCUT2D eigenvalue weighted by molar-refractivity contribution is 7.92. The smallest absolute Gasteiger partial charge is 0.343 e. The molecule has 0 bridgehead atoms. The van der Waals surface area contributed by atoms with E-state index in [0.717, 1.165) is 0 Å². The number of nitrogens with one attached hydrogen (secondary N) is 1. The number of carbonyl (C=O) groups is 2. The molecule has 35 heavy (non-hydrogen) atoms. The molecule has 3 aromatic rings. The third-order valence-corrected chi connectivity index (χ3v) is 6.92. The van der Waals surface area contributed by atoms with Crippen molar-refractivity contribution in [3.05, 3.63) is 78.4 Å². The van der Waals surface area contributed by atoms with Crippen molar-refractivity contribution in [3.8, 4) is 11.5 Å². The number of hydrogen-bond acceptors (Lipinski definition) is 7. The minimum atomic E-state index is -3.91. The molecule has 0 aromatic heterocycles. The van der Waals surface area contributed by atoms with Gasteiger partial charge in [-0.25, -0.2) is 13.2 Å². The Hall–Kier alpha value is -4.05. The van der Waals surface area contributed by atoms with Crippen molar-refractivity contribution < 1.29 is 32.2 Å². The molecule has 0 saturated heterocycles. The lowest BCUT2D eigenvalue weighted by atomic mass is 10.2. The number of amides is 1. The van der Waals surface area contributed by atoms with Gasteiger partial charge in [-0.15, -0.1) is 0 Å². The number of methoxy groups -OCH3 is 2. The zero-order valence-electron chi connectivity index (χ0n) is 19.6. The van der Waals surface area contributed by atoms with Crippen LogP contribution in [0.15, 0.2) is 77.7 Å². The number of sulfonamides is 1. The summed E-state index contributed by atoms with van der Waals surface area (Å²) in [6.07, 6.45) is 0. The maximum atomic E-state index is 13.4. The normalized spacial score (nSPS) is 10.8. The maximum Gasteiger partial charge on any atom is 0.343 e. The summed E-state index contributed by atoms with van der Waals surface area (Å²) in [4.78, 5) is 24.2. The molecule has 0 heterocycles.